The molecule has 2 unspecified atom stereocenters. The predicted octanol–water partition coefficient (Wildman–Crippen LogP) is 0.896. The van der Waals surface area contributed by atoms with E-state index < -0.39 is 15.6 Å². The van der Waals surface area contributed by atoms with Crippen molar-refractivity contribution in [2.45, 2.75) is 45.7 Å². The molecule has 0 aromatic heterocycles. The number of guanidine groups is 1. The van der Waals surface area contributed by atoms with Crippen LogP contribution in [0.3, 0.4) is 0 Å². The van der Waals surface area contributed by atoms with E-state index in [2.05, 4.69) is 27.3 Å². The maximum atomic E-state index is 11.3. The highest BCUT2D eigenvalue weighted by Crippen LogP contribution is 2.28. The fraction of sp³-hybridized carbons (Fsp3) is 0.917. The van der Waals surface area contributed by atoms with Crippen molar-refractivity contribution in [1.29, 1.82) is 0 Å². The first kappa shape index (κ1) is 19.9. The van der Waals surface area contributed by atoms with Crippen molar-refractivity contribution in [3.05, 3.63) is 0 Å². The fourth-order valence-corrected chi connectivity index (χ4v) is 2.90. The van der Waals surface area contributed by atoms with Gasteiger partial charge in [-0.3, -0.25) is 4.99 Å². The molecule has 0 bridgehead atoms. The van der Waals surface area contributed by atoms with Crippen molar-refractivity contribution in [2.75, 3.05) is 19.3 Å². The summed E-state index contributed by atoms with van der Waals surface area (Å²) in [7, 11) is -3.22. The minimum Gasteiger partial charge on any atom is -0.357 e. The third-order valence-electron chi connectivity index (χ3n) is 2.87. The molecule has 0 radical (unpaired) electrons. The second-order valence-electron chi connectivity index (χ2n) is 5.92. The molecule has 1 aliphatic carbocycles. The van der Waals surface area contributed by atoms with Gasteiger partial charge < -0.3 is 10.6 Å². The first-order valence-electron chi connectivity index (χ1n) is 6.67. The molecule has 1 saturated carbocycles. The number of rotatable bonds is 6. The molecule has 0 spiro atoms. The van der Waals surface area contributed by atoms with Crippen LogP contribution >= 0.6 is 24.0 Å². The lowest BCUT2D eigenvalue weighted by Crippen LogP contribution is -2.47. The molecule has 0 heterocycles. The molecule has 20 heavy (non-hydrogen) atoms. The smallest absolute Gasteiger partial charge is 0.209 e. The molecule has 1 aliphatic rings. The summed E-state index contributed by atoms with van der Waals surface area (Å²) in [5.74, 6) is 1.44. The van der Waals surface area contributed by atoms with Crippen LogP contribution in [0, 0.1) is 5.92 Å². The van der Waals surface area contributed by atoms with Gasteiger partial charge in [0, 0.05) is 18.1 Å². The Morgan fingerprint density at radius 2 is 1.95 bits per heavy atom. The summed E-state index contributed by atoms with van der Waals surface area (Å²) in [6, 6.07) is 0.490. The van der Waals surface area contributed by atoms with E-state index in [0.717, 1.165) is 25.2 Å². The maximum Gasteiger partial charge on any atom is 0.209 e. The Bertz CT molecular complexity index is 437. The summed E-state index contributed by atoms with van der Waals surface area (Å²) in [5.41, 5.74) is -0.592. The van der Waals surface area contributed by atoms with Gasteiger partial charge in [0.25, 0.3) is 0 Å². The first-order valence-corrected chi connectivity index (χ1v) is 8.56. The highest BCUT2D eigenvalue weighted by atomic mass is 127. The van der Waals surface area contributed by atoms with Gasteiger partial charge >= 0.3 is 0 Å². The maximum absolute atomic E-state index is 11.3. The zero-order chi connectivity index (χ0) is 14.7. The van der Waals surface area contributed by atoms with Gasteiger partial charge in [-0.1, -0.05) is 6.92 Å². The number of aliphatic imine (C=N–C) groups is 1. The molecule has 120 valence electrons. The molecule has 2 atom stereocenters. The van der Waals surface area contributed by atoms with Gasteiger partial charge in [0.2, 0.25) is 10.0 Å². The Morgan fingerprint density at radius 3 is 2.35 bits per heavy atom. The second-order valence-corrected chi connectivity index (χ2v) is 7.67. The Kier molecular flexibility index (Phi) is 7.75. The summed E-state index contributed by atoms with van der Waals surface area (Å²) in [6.07, 6.45) is 2.32. The molecule has 8 heteroatoms. The summed E-state index contributed by atoms with van der Waals surface area (Å²) >= 11 is 0. The molecule has 6 nitrogen and oxygen atoms in total. The zero-order valence-electron chi connectivity index (χ0n) is 12.9. The van der Waals surface area contributed by atoms with Crippen LogP contribution in [-0.2, 0) is 10.0 Å². The average Bonchev–Trinajstić information content (AvgIpc) is 2.88. The van der Waals surface area contributed by atoms with Crippen molar-refractivity contribution >= 4 is 40.0 Å². The van der Waals surface area contributed by atoms with E-state index in [1.807, 2.05) is 20.8 Å². The van der Waals surface area contributed by atoms with E-state index in [1.54, 1.807) is 0 Å². The van der Waals surface area contributed by atoms with Crippen LogP contribution in [0.1, 0.15) is 34.1 Å². The summed E-state index contributed by atoms with van der Waals surface area (Å²) in [4.78, 5) is 4.45. The highest BCUT2D eigenvalue weighted by Gasteiger charge is 2.33. The van der Waals surface area contributed by atoms with Gasteiger partial charge in [0.05, 0.1) is 12.8 Å². The monoisotopic (exact) mass is 418 g/mol. The normalized spacial score (nSPS) is 22.9. The Balaban J connectivity index is 0.00000361. The molecular weight excluding hydrogens is 391 g/mol. The molecule has 1 rings (SSSR count). The largest absolute Gasteiger partial charge is 0.357 e. The van der Waals surface area contributed by atoms with Crippen molar-refractivity contribution in [3.63, 3.8) is 0 Å². The predicted molar refractivity (Wildman–Crippen MR) is 94.2 cm³/mol. The van der Waals surface area contributed by atoms with Gasteiger partial charge in [-0.05, 0) is 33.1 Å². The third-order valence-corrected chi connectivity index (χ3v) is 3.79. The molecule has 0 aromatic carbocycles. The summed E-state index contributed by atoms with van der Waals surface area (Å²) in [6.45, 7) is 9.01. The van der Waals surface area contributed by atoms with Gasteiger partial charge in [-0.2, -0.15) is 0 Å². The van der Waals surface area contributed by atoms with Crippen molar-refractivity contribution in [3.8, 4) is 0 Å². The van der Waals surface area contributed by atoms with Crippen LogP contribution < -0.4 is 15.4 Å². The van der Waals surface area contributed by atoms with Crippen molar-refractivity contribution < 1.29 is 8.42 Å². The van der Waals surface area contributed by atoms with E-state index in [1.165, 1.54) is 0 Å². The number of hydrogen-bond acceptors (Lipinski definition) is 3. The Labute approximate surface area is 139 Å². The lowest BCUT2D eigenvalue weighted by atomic mass is 10.1. The lowest BCUT2D eigenvalue weighted by Gasteiger charge is -2.23. The molecule has 0 aromatic rings. The summed E-state index contributed by atoms with van der Waals surface area (Å²) < 4.78 is 25.1. The third kappa shape index (κ3) is 8.25. The summed E-state index contributed by atoms with van der Waals surface area (Å²) in [5, 5.41) is 6.51. The quantitative estimate of drug-likeness (QED) is 0.340. The Morgan fingerprint density at radius 1 is 1.40 bits per heavy atom. The van der Waals surface area contributed by atoms with Crippen LogP contribution in [0.4, 0.5) is 0 Å². The van der Waals surface area contributed by atoms with Gasteiger partial charge in [-0.25, -0.2) is 13.1 Å². The van der Waals surface area contributed by atoms with Gasteiger partial charge in [-0.15, -0.1) is 24.0 Å². The van der Waals surface area contributed by atoms with Crippen LogP contribution in [0.2, 0.25) is 0 Å². The molecule has 3 N–H and O–H groups in total. The number of sulfonamides is 1. The SMILES string of the molecule is CCNC(=NCC(C)(C)NS(C)(=O)=O)NC1CC1C.I. The Hall–Kier alpha value is -0.0900. The van der Waals surface area contributed by atoms with Crippen LogP contribution in [0.15, 0.2) is 4.99 Å². The number of nitrogens with zero attached hydrogens (tertiary/aromatic N) is 1. The number of halogens is 1. The zero-order valence-corrected chi connectivity index (χ0v) is 16.0. The van der Waals surface area contributed by atoms with Crippen LogP contribution in [-0.4, -0.2) is 45.3 Å². The molecular formula is C12H27IN4O2S. The lowest BCUT2D eigenvalue weighted by molar-refractivity contribution is 0.464. The van der Waals surface area contributed by atoms with E-state index in [0.29, 0.717) is 18.5 Å². The molecule has 0 amide bonds. The highest BCUT2D eigenvalue weighted by molar-refractivity contribution is 14.0. The topological polar surface area (TPSA) is 82.6 Å². The van der Waals surface area contributed by atoms with Crippen molar-refractivity contribution in [2.24, 2.45) is 10.9 Å². The molecule has 1 fully saturated rings. The average molecular weight is 418 g/mol. The second kappa shape index (κ2) is 7.79. The minimum atomic E-state index is -3.22. The van der Waals surface area contributed by atoms with E-state index in [4.69, 9.17) is 0 Å². The van der Waals surface area contributed by atoms with Crippen molar-refractivity contribution in [1.82, 2.24) is 15.4 Å². The van der Waals surface area contributed by atoms with Gasteiger partial charge in [0.15, 0.2) is 5.96 Å². The molecule has 0 saturated heterocycles. The number of hydrogen-bond donors (Lipinski definition) is 3. The van der Waals surface area contributed by atoms with E-state index >= 15 is 0 Å². The standard InChI is InChI=1S/C12H26N4O2S.HI/c1-6-13-11(15-10-7-9(10)2)14-8-12(3,4)16-19(5,17)18;/h9-10,16H,6-8H2,1-5H3,(H2,13,14,15);1H. The van der Waals surface area contributed by atoms with Crippen LogP contribution in [0.5, 0.6) is 0 Å². The fourth-order valence-electron chi connectivity index (χ4n) is 1.83. The van der Waals surface area contributed by atoms with E-state index in [9.17, 15) is 8.42 Å². The van der Waals surface area contributed by atoms with E-state index in [-0.39, 0.29) is 24.0 Å². The first-order chi connectivity index (χ1) is 8.63. The van der Waals surface area contributed by atoms with Crippen LogP contribution in [0.25, 0.3) is 0 Å². The number of nitrogens with one attached hydrogen (secondary N) is 3. The molecule has 0 aliphatic heterocycles. The van der Waals surface area contributed by atoms with Gasteiger partial charge in [0.1, 0.15) is 0 Å². The minimum absolute atomic E-state index is 0.